The molecule has 3 aliphatic heterocycles. The minimum atomic E-state index is -1.23. The number of ether oxygens (including phenoxy) is 3. The zero-order valence-electron chi connectivity index (χ0n) is 20.3. The maximum absolute atomic E-state index is 13.4. The Morgan fingerprint density at radius 2 is 1.94 bits per heavy atom. The van der Waals surface area contributed by atoms with Crippen LogP contribution < -0.4 is 5.32 Å². The molecular weight excluding hydrogens is 438 g/mol. The predicted molar refractivity (Wildman–Crippen MR) is 122 cm³/mol. The lowest BCUT2D eigenvalue weighted by molar-refractivity contribution is -0.233. The third-order valence-electron chi connectivity index (χ3n) is 8.27. The number of aliphatic hydroxyl groups is 2. The largest absolute Gasteiger partial charge is 0.507 e. The molecule has 3 unspecified atom stereocenters. The van der Waals surface area contributed by atoms with Gasteiger partial charge >= 0.3 is 0 Å². The molecule has 0 aromatic carbocycles. The lowest BCUT2D eigenvalue weighted by Crippen LogP contribution is -2.58. The van der Waals surface area contributed by atoms with Gasteiger partial charge < -0.3 is 29.7 Å². The molecule has 1 spiro atoms. The second-order valence-electron chi connectivity index (χ2n) is 10.3. The van der Waals surface area contributed by atoms with Crippen molar-refractivity contribution >= 4 is 11.7 Å². The number of aliphatic hydroxyl groups excluding tert-OH is 2. The number of fused-ring (bicyclic) bond motifs is 1. The Morgan fingerprint density at radius 3 is 2.62 bits per heavy atom. The van der Waals surface area contributed by atoms with E-state index in [1.165, 1.54) is 6.08 Å². The molecule has 5 aliphatic rings. The summed E-state index contributed by atoms with van der Waals surface area (Å²) in [6, 6.07) is 0. The van der Waals surface area contributed by atoms with E-state index in [1.807, 2.05) is 33.8 Å². The number of rotatable bonds is 3. The molecule has 0 aromatic heterocycles. The number of allylic oxidation sites excluding steroid dienone is 2. The van der Waals surface area contributed by atoms with Crippen molar-refractivity contribution in [3.63, 3.8) is 0 Å². The number of carbonyl (C=O) groups excluding carboxylic acids is 2. The van der Waals surface area contributed by atoms with Crippen LogP contribution in [0.3, 0.4) is 0 Å². The van der Waals surface area contributed by atoms with E-state index in [0.717, 1.165) is 5.57 Å². The SMILES string of the molecule is CCC12C=C(C)C3[C@H](C)[C@H](O[C@H]4CC[C@@H](O)[C@@H](C)O4)C4=CC(=O)C=C(O1)C43NC(=O)/C(C)=C\2O. The Balaban J connectivity index is 1.66. The summed E-state index contributed by atoms with van der Waals surface area (Å²) >= 11 is 0. The van der Waals surface area contributed by atoms with Gasteiger partial charge in [-0.3, -0.25) is 9.59 Å². The first-order valence-corrected chi connectivity index (χ1v) is 12.1. The fraction of sp³-hybridized carbons (Fsp3) is 0.615. The average Bonchev–Trinajstić information content (AvgIpc) is 2.95. The first-order chi connectivity index (χ1) is 16.0. The highest BCUT2D eigenvalue weighted by atomic mass is 16.7. The van der Waals surface area contributed by atoms with Crippen LogP contribution in [-0.4, -0.2) is 57.6 Å². The van der Waals surface area contributed by atoms with Gasteiger partial charge in [-0.25, -0.2) is 0 Å². The van der Waals surface area contributed by atoms with Crippen molar-refractivity contribution in [1.82, 2.24) is 5.32 Å². The maximum Gasteiger partial charge on any atom is 0.251 e. The van der Waals surface area contributed by atoms with E-state index in [9.17, 15) is 19.8 Å². The summed E-state index contributed by atoms with van der Waals surface area (Å²) in [7, 11) is 0. The molecule has 1 saturated carbocycles. The highest BCUT2D eigenvalue weighted by Crippen LogP contribution is 2.58. The minimum Gasteiger partial charge on any atom is -0.507 e. The molecule has 3 N–H and O–H groups in total. The van der Waals surface area contributed by atoms with Gasteiger partial charge in [0.1, 0.15) is 17.1 Å². The maximum atomic E-state index is 13.4. The van der Waals surface area contributed by atoms with Crippen LogP contribution in [0.2, 0.25) is 0 Å². The van der Waals surface area contributed by atoms with E-state index in [4.69, 9.17) is 14.2 Å². The summed E-state index contributed by atoms with van der Waals surface area (Å²) in [5.74, 6) is -0.875. The van der Waals surface area contributed by atoms with Gasteiger partial charge in [0, 0.05) is 18.4 Å². The third kappa shape index (κ3) is 3.08. The fourth-order valence-electron chi connectivity index (χ4n) is 6.50. The van der Waals surface area contributed by atoms with Gasteiger partial charge in [0.05, 0.1) is 23.9 Å². The summed E-state index contributed by atoms with van der Waals surface area (Å²) < 4.78 is 18.9. The van der Waals surface area contributed by atoms with Gasteiger partial charge in [-0.2, -0.15) is 0 Å². The summed E-state index contributed by atoms with van der Waals surface area (Å²) in [5, 5.41) is 24.3. The smallest absolute Gasteiger partial charge is 0.251 e. The Morgan fingerprint density at radius 1 is 1.21 bits per heavy atom. The fourth-order valence-corrected chi connectivity index (χ4v) is 6.50. The molecule has 34 heavy (non-hydrogen) atoms. The molecule has 5 rings (SSSR count). The van der Waals surface area contributed by atoms with Crippen LogP contribution in [0.15, 0.2) is 46.5 Å². The van der Waals surface area contributed by atoms with Crippen molar-refractivity contribution in [3.05, 3.63) is 46.5 Å². The van der Waals surface area contributed by atoms with Crippen LogP contribution in [-0.2, 0) is 23.8 Å². The van der Waals surface area contributed by atoms with Gasteiger partial charge in [0.15, 0.2) is 17.7 Å². The monoisotopic (exact) mass is 471 g/mol. The number of amides is 1. The van der Waals surface area contributed by atoms with E-state index < -0.39 is 35.5 Å². The molecule has 8 nitrogen and oxygen atoms in total. The van der Waals surface area contributed by atoms with Crippen LogP contribution in [0.1, 0.15) is 53.9 Å². The van der Waals surface area contributed by atoms with Crippen molar-refractivity contribution in [2.45, 2.75) is 89.6 Å². The molecular formula is C26H33NO7. The van der Waals surface area contributed by atoms with Crippen LogP contribution in [0.4, 0.5) is 0 Å². The third-order valence-corrected chi connectivity index (χ3v) is 8.27. The molecule has 8 heteroatoms. The molecule has 0 radical (unpaired) electrons. The number of nitrogens with one attached hydrogen (secondary N) is 1. The van der Waals surface area contributed by atoms with Crippen molar-refractivity contribution in [3.8, 4) is 0 Å². The molecule has 1 amide bonds. The van der Waals surface area contributed by atoms with Crippen molar-refractivity contribution < 1.29 is 34.0 Å². The van der Waals surface area contributed by atoms with Crippen molar-refractivity contribution in [2.24, 2.45) is 11.8 Å². The highest BCUT2D eigenvalue weighted by molar-refractivity contribution is 6.04. The number of hydrogen-bond acceptors (Lipinski definition) is 7. The molecule has 8 atom stereocenters. The topological polar surface area (TPSA) is 114 Å². The summed E-state index contributed by atoms with van der Waals surface area (Å²) in [6.07, 6.45) is 4.40. The van der Waals surface area contributed by atoms with Crippen molar-refractivity contribution in [2.75, 3.05) is 0 Å². The molecule has 2 aliphatic carbocycles. The zero-order chi connectivity index (χ0) is 24.6. The lowest BCUT2D eigenvalue weighted by Gasteiger charge is -2.44. The lowest BCUT2D eigenvalue weighted by atomic mass is 9.74. The second kappa shape index (κ2) is 7.80. The van der Waals surface area contributed by atoms with Crippen LogP contribution in [0, 0.1) is 11.8 Å². The Labute approximate surface area is 199 Å². The molecule has 2 fully saturated rings. The number of hydrogen-bond donors (Lipinski definition) is 3. The highest BCUT2D eigenvalue weighted by Gasteiger charge is 2.65. The van der Waals surface area contributed by atoms with Gasteiger partial charge in [0.2, 0.25) is 0 Å². The van der Waals surface area contributed by atoms with Gasteiger partial charge in [-0.1, -0.05) is 19.4 Å². The van der Waals surface area contributed by atoms with Crippen LogP contribution in [0.25, 0.3) is 0 Å². The summed E-state index contributed by atoms with van der Waals surface area (Å²) in [4.78, 5) is 26.3. The first-order valence-electron chi connectivity index (χ1n) is 12.1. The average molecular weight is 472 g/mol. The Bertz CT molecular complexity index is 1070. The molecule has 184 valence electrons. The summed E-state index contributed by atoms with van der Waals surface area (Å²) in [5.41, 5.74) is -0.567. The molecule has 2 bridgehead atoms. The van der Waals surface area contributed by atoms with E-state index in [-0.39, 0.29) is 35.1 Å². The molecule has 0 aromatic rings. The van der Waals surface area contributed by atoms with Crippen LogP contribution >= 0.6 is 0 Å². The molecule has 1 saturated heterocycles. The number of ketones is 1. The first kappa shape index (κ1) is 23.3. The standard InChI is InChI=1S/C26H33NO7/c1-6-25-11-12(2)21-13(3)22(33-20-8-7-18(29)15(5)32-20)17-9-16(28)10-19(34-25)26(17,21)27-24(31)14(4)23(25)30/h9-11,13,15,18,20-22,29-30H,6-8H2,1-5H3,(H,27,31)/b23-14+/t13-,15+,18+,20-,21?,22-,25?,26?/m0/s1. The Kier molecular flexibility index (Phi) is 5.35. The van der Waals surface area contributed by atoms with Gasteiger partial charge in [-0.05, 0) is 57.3 Å². The van der Waals surface area contributed by atoms with E-state index in [0.29, 0.717) is 30.6 Å². The normalized spacial score (nSPS) is 45.8. The second-order valence-corrected chi connectivity index (χ2v) is 10.3. The minimum absolute atomic E-state index is 0.139. The van der Waals surface area contributed by atoms with E-state index >= 15 is 0 Å². The van der Waals surface area contributed by atoms with E-state index in [1.54, 1.807) is 13.0 Å². The quantitative estimate of drug-likeness (QED) is 0.542. The van der Waals surface area contributed by atoms with Crippen LogP contribution in [0.5, 0.6) is 0 Å². The zero-order valence-corrected chi connectivity index (χ0v) is 20.3. The van der Waals surface area contributed by atoms with E-state index in [2.05, 4.69) is 5.32 Å². The Hall–Kier alpha value is -2.42. The van der Waals surface area contributed by atoms with Gasteiger partial charge in [0.25, 0.3) is 5.91 Å². The van der Waals surface area contributed by atoms with Crippen molar-refractivity contribution in [1.29, 1.82) is 0 Å². The predicted octanol–water partition coefficient (Wildman–Crippen LogP) is 2.74. The summed E-state index contributed by atoms with van der Waals surface area (Å²) in [6.45, 7) is 9.30. The van der Waals surface area contributed by atoms with Gasteiger partial charge in [-0.15, -0.1) is 0 Å². The molecule has 3 heterocycles. The number of carbonyl (C=O) groups is 2.